The Balaban J connectivity index is 0.00000992. The molecule has 0 aliphatic heterocycles. The molecular formula is C39H65GdN4O16P+3. The van der Waals surface area contributed by atoms with Crippen molar-refractivity contribution >= 4 is 43.3 Å². The Morgan fingerprint density at radius 3 is 1.74 bits per heavy atom. The van der Waals surface area contributed by atoms with Crippen LogP contribution in [0.15, 0.2) is 0 Å². The van der Waals surface area contributed by atoms with E-state index in [4.69, 9.17) is 0 Å². The van der Waals surface area contributed by atoms with E-state index in [1.165, 1.54) is 4.90 Å². The summed E-state index contributed by atoms with van der Waals surface area (Å²) in [7, 11) is -5.07. The van der Waals surface area contributed by atoms with Crippen molar-refractivity contribution in [1.82, 2.24) is 20.0 Å². The summed E-state index contributed by atoms with van der Waals surface area (Å²) in [6.45, 7) is 2.17. The van der Waals surface area contributed by atoms with Gasteiger partial charge in [-0.15, -0.1) is 0 Å². The second-order valence-electron chi connectivity index (χ2n) is 18.4. The number of amides is 1. The van der Waals surface area contributed by atoms with Crippen molar-refractivity contribution in [2.75, 3.05) is 52.4 Å². The number of rotatable bonds is 23. The maximum Gasteiger partial charge on any atom is 3.00 e. The van der Waals surface area contributed by atoms with Crippen LogP contribution >= 0.6 is 7.60 Å². The van der Waals surface area contributed by atoms with E-state index in [1.807, 2.05) is 6.92 Å². The van der Waals surface area contributed by atoms with Crippen molar-refractivity contribution in [3.8, 4) is 0 Å². The molecule has 20 nitrogen and oxygen atoms in total. The fourth-order valence-corrected chi connectivity index (χ4v) is 13.1. The molecule has 0 spiro atoms. The van der Waals surface area contributed by atoms with Crippen LogP contribution in [0.3, 0.4) is 0 Å². The van der Waals surface area contributed by atoms with Gasteiger partial charge in [-0.3, -0.25) is 48.0 Å². The maximum atomic E-state index is 13.5. The minimum Gasteiger partial charge on any atom is -0.481 e. The molecule has 0 bridgehead atoms. The third-order valence-corrected chi connectivity index (χ3v) is 16.1. The van der Waals surface area contributed by atoms with Crippen LogP contribution in [-0.4, -0.2) is 172 Å². The molecule has 1 amide bonds. The van der Waals surface area contributed by atoms with Gasteiger partial charge in [-0.25, -0.2) is 0 Å². The third kappa shape index (κ3) is 13.6. The van der Waals surface area contributed by atoms with Crippen molar-refractivity contribution < 1.29 is 119 Å². The van der Waals surface area contributed by atoms with Crippen LogP contribution in [0, 0.1) is 86.3 Å². The van der Waals surface area contributed by atoms with Gasteiger partial charge in [0.1, 0.15) is 5.78 Å². The van der Waals surface area contributed by atoms with Crippen LogP contribution in [0.4, 0.5) is 0 Å². The molecule has 61 heavy (non-hydrogen) atoms. The zero-order valence-electron chi connectivity index (χ0n) is 35.0. The second-order valence-corrected chi connectivity index (χ2v) is 20.1. The van der Waals surface area contributed by atoms with Gasteiger partial charge < -0.3 is 50.8 Å². The first-order chi connectivity index (χ1) is 27.9. The normalized spacial score (nSPS) is 31.9. The van der Waals surface area contributed by atoms with E-state index in [-0.39, 0.29) is 126 Å². The largest absolute Gasteiger partial charge is 3.00 e. The summed E-state index contributed by atoms with van der Waals surface area (Å²) in [5, 5.41) is 73.3. The van der Waals surface area contributed by atoms with Crippen molar-refractivity contribution in [3.63, 3.8) is 0 Å². The summed E-state index contributed by atoms with van der Waals surface area (Å²) >= 11 is 0. The van der Waals surface area contributed by atoms with E-state index in [9.17, 15) is 78.9 Å². The monoisotopic (exact) mass is 1030 g/mol. The molecule has 1 radical (unpaired) electrons. The zero-order valence-corrected chi connectivity index (χ0v) is 38.2. The molecule has 22 heteroatoms. The first-order valence-corrected chi connectivity index (χ1v) is 22.5. The van der Waals surface area contributed by atoms with Gasteiger partial charge in [-0.2, -0.15) is 0 Å². The molecule has 4 aliphatic rings. The van der Waals surface area contributed by atoms with Gasteiger partial charge in [0.2, 0.25) is 5.91 Å². The van der Waals surface area contributed by atoms with Gasteiger partial charge in [0.25, 0.3) is 0 Å². The summed E-state index contributed by atoms with van der Waals surface area (Å²) in [4.78, 5) is 95.0. The molecule has 7 unspecified atom stereocenters. The van der Waals surface area contributed by atoms with Gasteiger partial charge in [0.15, 0.2) is 0 Å². The molecule has 347 valence electrons. The van der Waals surface area contributed by atoms with E-state index in [2.05, 4.69) is 19.2 Å². The number of nitrogens with zero attached hydrogens (tertiary/aromatic N) is 3. The van der Waals surface area contributed by atoms with Gasteiger partial charge in [0, 0.05) is 45.1 Å². The molecule has 0 saturated heterocycles. The fraction of sp³-hybridized carbons (Fsp3) is 0.846. The van der Waals surface area contributed by atoms with Crippen LogP contribution in [0.25, 0.3) is 0 Å². The van der Waals surface area contributed by atoms with Crippen LogP contribution in [0.5, 0.6) is 0 Å². The Kier molecular flexibility index (Phi) is 19.6. The van der Waals surface area contributed by atoms with E-state index in [1.54, 1.807) is 0 Å². The number of aliphatic carboxylic acids is 5. The summed E-state index contributed by atoms with van der Waals surface area (Å²) in [6.07, 6.45) is 2.38. The summed E-state index contributed by atoms with van der Waals surface area (Å²) in [5.41, 5.74) is -0.757. The number of hydrogen-bond donors (Lipinski definition) is 10. The van der Waals surface area contributed by atoms with Crippen LogP contribution < -0.4 is 5.32 Å². The zero-order chi connectivity index (χ0) is 44.9. The number of fused-ring (bicyclic) bond motifs is 5. The molecule has 12 atom stereocenters. The number of hydrogen-bond acceptors (Lipinski definition) is 12. The summed E-state index contributed by atoms with van der Waals surface area (Å²) in [6, 6.07) is -0.309. The number of carbonyl (C=O) groups is 6. The molecule has 4 fully saturated rings. The average molecular weight is 1030 g/mol. The molecule has 4 saturated carbocycles. The Hall–Kier alpha value is -1.91. The fourth-order valence-electron chi connectivity index (χ4n) is 12.0. The van der Waals surface area contributed by atoms with Gasteiger partial charge >= 0.3 is 77.4 Å². The predicted octanol–water partition coefficient (Wildman–Crippen LogP) is 0.711. The van der Waals surface area contributed by atoms with Crippen molar-refractivity contribution in [2.45, 2.75) is 109 Å². The Bertz CT molecular complexity index is 1570. The number of carbonyl (C=O) groups excluding carboxylic acids is 1. The van der Waals surface area contributed by atoms with Crippen LogP contribution in [0.1, 0.15) is 85.0 Å². The molecule has 10 N–H and O–H groups in total. The Labute approximate surface area is 387 Å². The third-order valence-electron chi connectivity index (χ3n) is 14.7. The average Bonchev–Trinajstić information content (AvgIpc) is 3.46. The number of nitrogens with one attached hydrogen (secondary N) is 1. The predicted molar refractivity (Wildman–Crippen MR) is 211 cm³/mol. The quantitative estimate of drug-likeness (QED) is 0.0630. The molecule has 4 rings (SSSR count). The standard InChI is InChI=1S/C39H65N4O16P.Gd/c1-22(14-32(47)48)25-4-5-26-37-27(17-29(45)39(25,26)3)38(2)9-8-24(15-23(38)16-28(37)44)40-30(46)6-7-31(60(57,58)59)43(12-10-41(18-33(49)50)19-34(51)52)13-11-42(20-35(53)54)21-36(55)56;/h22-29,31,37,44-45H,4-21H2,1-3H3,(H,40,46)(H,47,48)(H,49,50)(H,51,52)(H,53,54)(H,55,56)(H2,57,58,59);/q;+3/t22?,23?,24-,25?,26?,27?,28+,29-,31?,37?,38-,39+;/m0./s1. The minimum absolute atomic E-state index is 0. The number of carboxylic acid groups (broad SMARTS) is 5. The first kappa shape index (κ1) is 53.4. The topological polar surface area (TPSA) is 323 Å². The van der Waals surface area contributed by atoms with Crippen LogP contribution in [-0.2, 0) is 33.3 Å². The SMILES string of the molecule is CC(CC(=O)O)C1CCC2C3C(C[C@H](O)[C@]12C)[C@@]1(C)CC[C@H](NC(=O)CCC(N(CCN(CC(=O)O)CC(=O)O)CCN(CC(=O)O)CC(=O)O)P(=O)(O)O)CC1C[C@H]3O.[Gd+3]. The number of aliphatic hydroxyl groups excluding tert-OH is 2. The van der Waals surface area contributed by atoms with Crippen molar-refractivity contribution in [2.24, 2.45) is 46.3 Å². The van der Waals surface area contributed by atoms with E-state index in [0.717, 1.165) is 22.6 Å². The molecule has 4 aliphatic carbocycles. The Morgan fingerprint density at radius 2 is 1.26 bits per heavy atom. The molecule has 0 aromatic rings. The van der Waals surface area contributed by atoms with Crippen molar-refractivity contribution in [3.05, 3.63) is 0 Å². The second kappa shape index (κ2) is 22.3. The van der Waals surface area contributed by atoms with Gasteiger partial charge in [-0.1, -0.05) is 20.8 Å². The summed E-state index contributed by atoms with van der Waals surface area (Å²) in [5.74, 6) is -8.52. The van der Waals surface area contributed by atoms with E-state index >= 15 is 0 Å². The number of aliphatic hydroxyl groups is 2. The molecular weight excluding hydrogens is 969 g/mol. The molecule has 0 aromatic heterocycles. The summed E-state index contributed by atoms with van der Waals surface area (Å²) < 4.78 is 13.0. The van der Waals surface area contributed by atoms with Crippen LogP contribution in [0.2, 0.25) is 0 Å². The number of carboxylic acids is 5. The maximum absolute atomic E-state index is 13.5. The molecule has 0 heterocycles. The first-order valence-electron chi connectivity index (χ1n) is 20.8. The van der Waals surface area contributed by atoms with Crippen molar-refractivity contribution in [1.29, 1.82) is 0 Å². The minimum atomic E-state index is -5.07. The Morgan fingerprint density at radius 1 is 0.738 bits per heavy atom. The van der Waals surface area contributed by atoms with Gasteiger partial charge in [-0.05, 0) is 97.7 Å². The van der Waals surface area contributed by atoms with Gasteiger partial charge in [0.05, 0.1) is 38.4 Å². The molecule has 0 aromatic carbocycles. The van der Waals surface area contributed by atoms with E-state index in [0.29, 0.717) is 32.1 Å². The van der Waals surface area contributed by atoms with E-state index < -0.39 is 99.4 Å². The smallest absolute Gasteiger partial charge is 0.481 e.